The Morgan fingerprint density at radius 2 is 1.17 bits per heavy atom. The summed E-state index contributed by atoms with van der Waals surface area (Å²) in [6, 6.07) is 15.7. The standard InChI is InChI=1S/C18H10F3OS/c19-11-9-12(20)18(13(21)10-11)23-16-7-3-1-5-14(16)22-15-6-2-4-8-17(15)23/h1-10H/q+1. The van der Waals surface area contributed by atoms with Gasteiger partial charge in [0.05, 0.1) is 0 Å². The van der Waals surface area contributed by atoms with Gasteiger partial charge in [-0.2, -0.15) is 0 Å². The number of halogens is 3. The van der Waals surface area contributed by atoms with Crippen LogP contribution in [0.5, 0.6) is 11.5 Å². The minimum absolute atomic E-state index is 0.144. The van der Waals surface area contributed by atoms with Crippen molar-refractivity contribution in [2.24, 2.45) is 0 Å². The summed E-state index contributed by atoms with van der Waals surface area (Å²) in [5.41, 5.74) is 0. The van der Waals surface area contributed by atoms with Crippen molar-refractivity contribution < 1.29 is 17.9 Å². The number of hydrogen-bond donors (Lipinski definition) is 0. The van der Waals surface area contributed by atoms with Crippen LogP contribution in [0.25, 0.3) is 0 Å². The van der Waals surface area contributed by atoms with E-state index >= 15 is 0 Å². The third-order valence-corrected chi connectivity index (χ3v) is 5.88. The maximum atomic E-state index is 14.4. The lowest BCUT2D eigenvalue weighted by Crippen LogP contribution is -2.15. The molecule has 0 spiro atoms. The molecule has 0 aliphatic carbocycles. The Morgan fingerprint density at radius 3 is 1.70 bits per heavy atom. The second-order valence-corrected chi connectivity index (χ2v) is 6.90. The van der Waals surface area contributed by atoms with Gasteiger partial charge in [0.15, 0.2) is 23.1 Å². The van der Waals surface area contributed by atoms with Crippen molar-refractivity contribution in [1.82, 2.24) is 0 Å². The molecule has 0 aromatic heterocycles. The van der Waals surface area contributed by atoms with Gasteiger partial charge in [-0.05, 0) is 24.3 Å². The van der Waals surface area contributed by atoms with Crippen LogP contribution in [-0.4, -0.2) is 0 Å². The molecule has 1 aliphatic rings. The van der Waals surface area contributed by atoms with Crippen LogP contribution in [0.2, 0.25) is 0 Å². The van der Waals surface area contributed by atoms with E-state index in [0.717, 1.165) is 0 Å². The monoisotopic (exact) mass is 331 g/mol. The third-order valence-electron chi connectivity index (χ3n) is 3.53. The fraction of sp³-hybridized carbons (Fsp3) is 0. The molecule has 0 bridgehead atoms. The van der Waals surface area contributed by atoms with Crippen molar-refractivity contribution in [2.45, 2.75) is 14.7 Å². The minimum Gasteiger partial charge on any atom is -0.447 e. The maximum absolute atomic E-state index is 14.4. The van der Waals surface area contributed by atoms with Crippen LogP contribution in [0.4, 0.5) is 13.2 Å². The van der Waals surface area contributed by atoms with Crippen LogP contribution < -0.4 is 4.74 Å². The highest BCUT2D eigenvalue weighted by atomic mass is 32.2. The lowest BCUT2D eigenvalue weighted by molar-refractivity contribution is 0.451. The lowest BCUT2D eigenvalue weighted by atomic mass is 10.3. The number of benzene rings is 3. The fourth-order valence-electron chi connectivity index (χ4n) is 2.59. The molecule has 1 heterocycles. The van der Waals surface area contributed by atoms with E-state index in [1.165, 1.54) is 0 Å². The van der Waals surface area contributed by atoms with Crippen molar-refractivity contribution in [3.63, 3.8) is 0 Å². The van der Waals surface area contributed by atoms with Gasteiger partial charge in [0.25, 0.3) is 0 Å². The molecule has 3 aromatic rings. The second kappa shape index (κ2) is 5.35. The molecule has 0 saturated carbocycles. The van der Waals surface area contributed by atoms with Gasteiger partial charge in [0, 0.05) is 12.1 Å². The van der Waals surface area contributed by atoms with E-state index in [2.05, 4.69) is 0 Å². The van der Waals surface area contributed by atoms with Crippen LogP contribution >= 0.6 is 0 Å². The van der Waals surface area contributed by atoms with E-state index in [9.17, 15) is 13.2 Å². The van der Waals surface area contributed by atoms with Crippen molar-refractivity contribution in [2.75, 3.05) is 0 Å². The topological polar surface area (TPSA) is 9.23 Å². The zero-order valence-corrected chi connectivity index (χ0v) is 12.5. The zero-order valence-electron chi connectivity index (χ0n) is 11.7. The molecule has 0 amide bonds. The predicted molar refractivity (Wildman–Crippen MR) is 81.4 cm³/mol. The highest BCUT2D eigenvalue weighted by molar-refractivity contribution is 7.97. The molecule has 0 N–H and O–H groups in total. The van der Waals surface area contributed by atoms with Gasteiger partial charge < -0.3 is 4.74 Å². The smallest absolute Gasteiger partial charge is 0.238 e. The van der Waals surface area contributed by atoms with Crippen LogP contribution in [0.15, 0.2) is 75.4 Å². The summed E-state index contributed by atoms with van der Waals surface area (Å²) in [7, 11) is -1.03. The predicted octanol–water partition coefficient (Wildman–Crippen LogP) is 5.31. The Hall–Kier alpha value is -2.40. The van der Waals surface area contributed by atoms with Crippen molar-refractivity contribution in [3.8, 4) is 11.5 Å². The number of rotatable bonds is 1. The first kappa shape index (κ1) is 14.2. The van der Waals surface area contributed by atoms with E-state index in [1.807, 2.05) is 0 Å². The van der Waals surface area contributed by atoms with Crippen LogP contribution in [0.3, 0.4) is 0 Å². The maximum Gasteiger partial charge on any atom is 0.238 e. The molecule has 4 rings (SSSR count). The molecule has 114 valence electrons. The Labute approximate surface area is 133 Å². The Balaban J connectivity index is 2.02. The normalized spacial score (nSPS) is 13.2. The van der Waals surface area contributed by atoms with Crippen molar-refractivity contribution in [1.29, 1.82) is 0 Å². The number of hydrogen-bond acceptors (Lipinski definition) is 1. The number of fused-ring (bicyclic) bond motifs is 2. The number of ether oxygens (including phenoxy) is 1. The Kier molecular flexibility index (Phi) is 3.31. The SMILES string of the molecule is Fc1cc(F)c([S+]2c3ccccc3Oc3ccccc32)c(F)c1. The minimum atomic E-state index is -1.03. The first-order valence-corrected chi connectivity index (χ1v) is 8.12. The molecule has 0 unspecified atom stereocenters. The Bertz CT molecular complexity index is 842. The summed E-state index contributed by atoms with van der Waals surface area (Å²) in [6.07, 6.45) is 0. The van der Waals surface area contributed by atoms with Gasteiger partial charge in [-0.15, -0.1) is 0 Å². The highest BCUT2D eigenvalue weighted by Crippen LogP contribution is 2.47. The summed E-state index contributed by atoms with van der Waals surface area (Å²) < 4.78 is 47.8. The molecule has 1 aliphatic heterocycles. The fourth-order valence-corrected chi connectivity index (χ4v) is 4.82. The van der Waals surface area contributed by atoms with Crippen LogP contribution in [-0.2, 0) is 10.9 Å². The summed E-state index contributed by atoms with van der Waals surface area (Å²) in [6.45, 7) is 0. The van der Waals surface area contributed by atoms with E-state index < -0.39 is 28.3 Å². The lowest BCUT2D eigenvalue weighted by Gasteiger charge is -2.19. The molecular formula is C18H10F3OS+. The van der Waals surface area contributed by atoms with Gasteiger partial charge >= 0.3 is 0 Å². The number of para-hydroxylation sites is 2. The van der Waals surface area contributed by atoms with E-state index in [1.54, 1.807) is 48.5 Å². The summed E-state index contributed by atoms with van der Waals surface area (Å²) in [5.74, 6) is -1.60. The third kappa shape index (κ3) is 2.28. The first-order chi connectivity index (χ1) is 11.1. The second-order valence-electron chi connectivity index (χ2n) is 5.00. The van der Waals surface area contributed by atoms with Gasteiger partial charge in [-0.3, -0.25) is 0 Å². The quantitative estimate of drug-likeness (QED) is 0.430. The van der Waals surface area contributed by atoms with Gasteiger partial charge in [0.1, 0.15) is 16.7 Å². The molecule has 0 atom stereocenters. The largest absolute Gasteiger partial charge is 0.447 e. The van der Waals surface area contributed by atoms with Gasteiger partial charge in [0.2, 0.25) is 14.7 Å². The summed E-state index contributed by atoms with van der Waals surface area (Å²) >= 11 is 0. The Morgan fingerprint density at radius 1 is 0.696 bits per heavy atom. The van der Waals surface area contributed by atoms with Crippen molar-refractivity contribution >= 4 is 10.9 Å². The van der Waals surface area contributed by atoms with E-state index in [0.29, 0.717) is 33.4 Å². The summed E-state index contributed by atoms with van der Waals surface area (Å²) in [4.78, 5) is 1.21. The highest BCUT2D eigenvalue weighted by Gasteiger charge is 2.43. The molecular weight excluding hydrogens is 321 g/mol. The first-order valence-electron chi connectivity index (χ1n) is 6.90. The van der Waals surface area contributed by atoms with E-state index in [-0.39, 0.29) is 4.90 Å². The average Bonchev–Trinajstić information content (AvgIpc) is 2.53. The van der Waals surface area contributed by atoms with Crippen LogP contribution in [0.1, 0.15) is 0 Å². The molecule has 5 heteroatoms. The summed E-state index contributed by atoms with van der Waals surface area (Å²) in [5, 5.41) is 0. The molecule has 0 fully saturated rings. The molecule has 0 radical (unpaired) electrons. The van der Waals surface area contributed by atoms with Gasteiger partial charge in [-0.25, -0.2) is 13.2 Å². The molecule has 0 saturated heterocycles. The molecule has 23 heavy (non-hydrogen) atoms. The molecule has 3 aromatic carbocycles. The van der Waals surface area contributed by atoms with Crippen LogP contribution in [0, 0.1) is 17.5 Å². The van der Waals surface area contributed by atoms with Crippen molar-refractivity contribution in [3.05, 3.63) is 78.1 Å². The average molecular weight is 331 g/mol. The van der Waals surface area contributed by atoms with E-state index in [4.69, 9.17) is 4.74 Å². The molecule has 1 nitrogen and oxygen atoms in total. The zero-order chi connectivity index (χ0) is 16.0. The van der Waals surface area contributed by atoms with Gasteiger partial charge in [-0.1, -0.05) is 24.3 Å².